The lowest BCUT2D eigenvalue weighted by Crippen LogP contribution is -2.31. The van der Waals surface area contributed by atoms with E-state index in [0.29, 0.717) is 13.0 Å². The first-order chi connectivity index (χ1) is 11.9. The molecule has 0 saturated carbocycles. The zero-order valence-corrected chi connectivity index (χ0v) is 15.2. The van der Waals surface area contributed by atoms with E-state index in [9.17, 15) is 13.2 Å². The predicted octanol–water partition coefficient (Wildman–Crippen LogP) is 2.63. The number of carbonyl (C=O) groups is 1. The Morgan fingerprint density at radius 1 is 1.08 bits per heavy atom. The van der Waals surface area contributed by atoms with Crippen molar-refractivity contribution in [3.63, 3.8) is 0 Å². The molecule has 6 heteroatoms. The van der Waals surface area contributed by atoms with Crippen LogP contribution in [-0.4, -0.2) is 27.4 Å². The second-order valence-electron chi connectivity index (χ2n) is 6.51. The van der Waals surface area contributed by atoms with Gasteiger partial charge in [-0.1, -0.05) is 24.3 Å². The lowest BCUT2D eigenvalue weighted by atomic mass is 10.1. The summed E-state index contributed by atoms with van der Waals surface area (Å²) >= 11 is 0. The van der Waals surface area contributed by atoms with Gasteiger partial charge in [0.05, 0.1) is 4.90 Å². The van der Waals surface area contributed by atoms with Crippen LogP contribution >= 0.6 is 0 Å². The monoisotopic (exact) mass is 358 g/mol. The van der Waals surface area contributed by atoms with Crippen LogP contribution in [0.25, 0.3) is 0 Å². The molecule has 132 valence electrons. The average Bonchev–Trinajstić information content (AvgIpc) is 2.97. The smallest absolute Gasteiger partial charge is 0.240 e. The van der Waals surface area contributed by atoms with Gasteiger partial charge in [-0.25, -0.2) is 13.1 Å². The summed E-state index contributed by atoms with van der Waals surface area (Å²) in [5.74, 6) is -0.00407. The van der Waals surface area contributed by atoms with Crippen molar-refractivity contribution < 1.29 is 13.2 Å². The molecule has 0 unspecified atom stereocenters. The van der Waals surface area contributed by atoms with E-state index in [0.717, 1.165) is 16.8 Å². The summed E-state index contributed by atoms with van der Waals surface area (Å²) in [7, 11) is -3.57. The van der Waals surface area contributed by atoms with Gasteiger partial charge in [0, 0.05) is 25.2 Å². The first-order valence-corrected chi connectivity index (χ1v) is 9.77. The highest BCUT2D eigenvalue weighted by Gasteiger charge is 2.31. The molecule has 1 amide bonds. The molecule has 1 atom stereocenters. The Hall–Kier alpha value is -2.18. The molecule has 5 nitrogen and oxygen atoms in total. The van der Waals surface area contributed by atoms with Crippen LogP contribution in [0.15, 0.2) is 53.4 Å². The number of carbonyl (C=O) groups excluding carboxylic acids is 1. The molecule has 1 N–H and O–H groups in total. The maximum absolute atomic E-state index is 12.5. The molecule has 0 spiro atoms. The maximum atomic E-state index is 12.5. The molecule has 0 bridgehead atoms. The lowest BCUT2D eigenvalue weighted by Gasteiger charge is -2.17. The van der Waals surface area contributed by atoms with Crippen molar-refractivity contribution in [2.75, 3.05) is 18.0 Å². The van der Waals surface area contributed by atoms with Crippen molar-refractivity contribution in [2.45, 2.75) is 25.2 Å². The van der Waals surface area contributed by atoms with Crippen molar-refractivity contribution in [1.29, 1.82) is 0 Å². The Kier molecular flexibility index (Phi) is 4.92. The Morgan fingerprint density at radius 3 is 2.48 bits per heavy atom. The maximum Gasteiger partial charge on any atom is 0.240 e. The van der Waals surface area contributed by atoms with Crippen LogP contribution in [0.5, 0.6) is 0 Å². The van der Waals surface area contributed by atoms with Crippen LogP contribution in [0.4, 0.5) is 5.69 Å². The number of nitrogens with one attached hydrogen (secondary N) is 1. The van der Waals surface area contributed by atoms with Crippen LogP contribution in [0.2, 0.25) is 0 Å². The Bertz CT molecular complexity index is 879. The largest absolute Gasteiger partial charge is 0.312 e. The number of amides is 1. The fraction of sp³-hybridized carbons (Fsp3) is 0.316. The molecular formula is C19H22N2O3S. The zero-order valence-electron chi connectivity index (χ0n) is 14.4. The van der Waals surface area contributed by atoms with Gasteiger partial charge >= 0.3 is 0 Å². The van der Waals surface area contributed by atoms with E-state index in [-0.39, 0.29) is 23.3 Å². The number of hydrogen-bond donors (Lipinski definition) is 1. The van der Waals surface area contributed by atoms with Crippen molar-refractivity contribution in [2.24, 2.45) is 5.92 Å². The topological polar surface area (TPSA) is 66.5 Å². The van der Waals surface area contributed by atoms with Crippen LogP contribution in [0, 0.1) is 19.8 Å². The Morgan fingerprint density at radius 2 is 1.80 bits per heavy atom. The number of nitrogens with zero attached hydrogens (tertiary/aromatic N) is 1. The number of hydrogen-bond acceptors (Lipinski definition) is 3. The van der Waals surface area contributed by atoms with Gasteiger partial charge in [-0.05, 0) is 55.2 Å². The zero-order chi connectivity index (χ0) is 18.0. The van der Waals surface area contributed by atoms with Gasteiger partial charge in [0.15, 0.2) is 0 Å². The molecular weight excluding hydrogens is 336 g/mol. The van der Waals surface area contributed by atoms with E-state index in [1.165, 1.54) is 0 Å². The molecule has 1 heterocycles. The minimum Gasteiger partial charge on any atom is -0.312 e. The predicted molar refractivity (Wildman–Crippen MR) is 98.0 cm³/mol. The quantitative estimate of drug-likeness (QED) is 0.893. The van der Waals surface area contributed by atoms with Crippen LogP contribution < -0.4 is 9.62 Å². The third kappa shape index (κ3) is 3.91. The molecule has 1 aliphatic rings. The summed E-state index contributed by atoms with van der Waals surface area (Å²) in [6, 6.07) is 14.5. The van der Waals surface area contributed by atoms with Gasteiger partial charge in [0.2, 0.25) is 15.9 Å². The van der Waals surface area contributed by atoms with Crippen LogP contribution in [0.1, 0.15) is 17.5 Å². The highest BCUT2D eigenvalue weighted by molar-refractivity contribution is 7.89. The summed E-state index contributed by atoms with van der Waals surface area (Å²) in [6.45, 7) is 4.62. The van der Waals surface area contributed by atoms with Gasteiger partial charge in [0.25, 0.3) is 0 Å². The first kappa shape index (κ1) is 17.6. The number of anilines is 1. The summed E-state index contributed by atoms with van der Waals surface area (Å²) in [5.41, 5.74) is 2.85. The van der Waals surface area contributed by atoms with Crippen LogP contribution in [-0.2, 0) is 14.8 Å². The van der Waals surface area contributed by atoms with E-state index >= 15 is 0 Å². The molecule has 1 aliphatic heterocycles. The van der Waals surface area contributed by atoms with Crippen LogP contribution in [0.3, 0.4) is 0 Å². The standard InChI is InChI=1S/C19H22N2O3S/c1-14-8-9-18(10-15(14)2)25(23,24)20-12-16-11-19(22)21(13-16)17-6-4-3-5-7-17/h3-10,16,20H,11-13H2,1-2H3/t16-/m1/s1. The molecule has 1 fully saturated rings. The number of rotatable bonds is 5. The van der Waals surface area contributed by atoms with Gasteiger partial charge < -0.3 is 4.90 Å². The number of sulfonamides is 1. The van der Waals surface area contributed by atoms with Gasteiger partial charge in [-0.2, -0.15) is 0 Å². The summed E-state index contributed by atoms with van der Waals surface area (Å²) in [5, 5.41) is 0. The molecule has 25 heavy (non-hydrogen) atoms. The van der Waals surface area contributed by atoms with Crippen molar-refractivity contribution in [3.8, 4) is 0 Å². The second-order valence-corrected chi connectivity index (χ2v) is 8.27. The fourth-order valence-electron chi connectivity index (χ4n) is 2.97. The highest BCUT2D eigenvalue weighted by Crippen LogP contribution is 2.24. The Balaban J connectivity index is 1.65. The molecule has 2 aromatic rings. The van der Waals surface area contributed by atoms with Crippen molar-refractivity contribution in [1.82, 2.24) is 4.72 Å². The van der Waals surface area contributed by atoms with Crippen molar-refractivity contribution in [3.05, 3.63) is 59.7 Å². The van der Waals surface area contributed by atoms with E-state index in [4.69, 9.17) is 0 Å². The second kappa shape index (κ2) is 6.98. The molecule has 3 rings (SSSR count). The summed E-state index contributed by atoms with van der Waals surface area (Å²) < 4.78 is 27.6. The molecule has 0 aromatic heterocycles. The third-order valence-corrected chi connectivity index (χ3v) is 6.04. The average molecular weight is 358 g/mol. The van der Waals surface area contributed by atoms with Gasteiger partial charge in [0.1, 0.15) is 0 Å². The third-order valence-electron chi connectivity index (χ3n) is 4.62. The van der Waals surface area contributed by atoms with E-state index in [1.807, 2.05) is 44.2 Å². The minimum atomic E-state index is -3.57. The highest BCUT2D eigenvalue weighted by atomic mass is 32.2. The fourth-order valence-corrected chi connectivity index (χ4v) is 4.17. The lowest BCUT2D eigenvalue weighted by molar-refractivity contribution is -0.117. The van der Waals surface area contributed by atoms with E-state index in [2.05, 4.69) is 4.72 Å². The molecule has 1 saturated heterocycles. The van der Waals surface area contributed by atoms with E-state index in [1.54, 1.807) is 23.1 Å². The van der Waals surface area contributed by atoms with Crippen molar-refractivity contribution >= 4 is 21.6 Å². The van der Waals surface area contributed by atoms with Gasteiger partial charge in [-0.3, -0.25) is 4.79 Å². The minimum absolute atomic E-state index is 0.0292. The van der Waals surface area contributed by atoms with E-state index < -0.39 is 10.0 Å². The Labute approximate surface area is 148 Å². The number of aryl methyl sites for hydroxylation is 2. The van der Waals surface area contributed by atoms with Gasteiger partial charge in [-0.15, -0.1) is 0 Å². The summed E-state index contributed by atoms with van der Waals surface area (Å²) in [6.07, 6.45) is 0.352. The molecule has 0 radical (unpaired) electrons. The number of benzene rings is 2. The number of para-hydroxylation sites is 1. The first-order valence-electron chi connectivity index (χ1n) is 8.29. The molecule has 0 aliphatic carbocycles. The molecule has 2 aromatic carbocycles. The normalized spacial score (nSPS) is 17.9. The summed E-state index contributed by atoms with van der Waals surface area (Å²) in [4.78, 5) is 14.2. The SMILES string of the molecule is Cc1ccc(S(=O)(=O)NC[C@H]2CC(=O)N(c3ccccc3)C2)cc1C.